The molecule has 0 unspecified atom stereocenters. The van der Waals surface area contributed by atoms with Crippen LogP contribution in [-0.2, 0) is 6.42 Å². The summed E-state index contributed by atoms with van der Waals surface area (Å²) >= 11 is 1.17. The van der Waals surface area contributed by atoms with Crippen LogP contribution >= 0.6 is 11.3 Å². The molecule has 0 aliphatic heterocycles. The molecule has 0 radical (unpaired) electrons. The Labute approximate surface area is 107 Å². The maximum atomic E-state index is 11.1. The first kappa shape index (κ1) is 12.5. The van der Waals surface area contributed by atoms with Crippen LogP contribution in [0.1, 0.15) is 27.7 Å². The Balaban J connectivity index is 2.82. The number of carboxylic acids is 1. The fraction of sp³-hybridized carbons (Fsp3) is 0.250. The lowest BCUT2D eigenvalue weighted by Gasteiger charge is -1.99. The molecular weight excluding hydrogens is 254 g/mol. The summed E-state index contributed by atoms with van der Waals surface area (Å²) in [6.45, 7) is 3.50. The van der Waals surface area contributed by atoms with Gasteiger partial charge in [-0.25, -0.2) is 4.79 Å². The second-order valence-corrected chi connectivity index (χ2v) is 5.01. The molecule has 94 valence electrons. The molecule has 0 fully saturated rings. The highest BCUT2D eigenvalue weighted by molar-refractivity contribution is 7.21. The summed E-state index contributed by atoms with van der Waals surface area (Å²) in [6.07, 6.45) is 0.544. The Morgan fingerprint density at radius 2 is 2.17 bits per heavy atom. The van der Waals surface area contributed by atoms with Crippen molar-refractivity contribution < 1.29 is 14.8 Å². The van der Waals surface area contributed by atoms with E-state index >= 15 is 0 Å². The summed E-state index contributed by atoms with van der Waals surface area (Å²) in [5.74, 6) is -0.978. The van der Waals surface area contributed by atoms with Crippen molar-refractivity contribution in [2.24, 2.45) is 0 Å². The molecule has 1 aromatic carbocycles. The van der Waals surface area contributed by atoms with Gasteiger partial charge < -0.3 is 5.11 Å². The van der Waals surface area contributed by atoms with E-state index in [4.69, 9.17) is 5.11 Å². The van der Waals surface area contributed by atoms with Gasteiger partial charge in [-0.2, -0.15) is 0 Å². The zero-order valence-corrected chi connectivity index (χ0v) is 10.7. The quantitative estimate of drug-likeness (QED) is 0.681. The fourth-order valence-corrected chi connectivity index (χ4v) is 3.22. The van der Waals surface area contributed by atoms with Crippen LogP contribution in [0.4, 0.5) is 5.69 Å². The lowest BCUT2D eigenvalue weighted by Crippen LogP contribution is -1.96. The van der Waals surface area contributed by atoms with Gasteiger partial charge in [-0.1, -0.05) is 6.92 Å². The number of nitro groups is 1. The summed E-state index contributed by atoms with van der Waals surface area (Å²) < 4.78 is 0.785. The standard InChI is InChI=1S/C12H11NO4S/c1-3-7-8-5-9(13(16)17)6(2)4-10(8)18-11(7)12(14)15/h4-5H,3H2,1-2H3,(H,14,15). The summed E-state index contributed by atoms with van der Waals surface area (Å²) in [6, 6.07) is 3.16. The summed E-state index contributed by atoms with van der Waals surface area (Å²) in [4.78, 5) is 21.9. The van der Waals surface area contributed by atoms with Gasteiger partial charge in [0.1, 0.15) is 4.88 Å². The number of nitro benzene ring substituents is 1. The van der Waals surface area contributed by atoms with E-state index in [0.717, 1.165) is 4.70 Å². The minimum atomic E-state index is -0.978. The SMILES string of the molecule is CCc1c(C(=O)O)sc2cc(C)c([N+](=O)[O-])cc12. The molecule has 0 saturated heterocycles. The molecule has 0 amide bonds. The van der Waals surface area contributed by atoms with Crippen molar-refractivity contribution in [1.29, 1.82) is 0 Å². The predicted octanol–water partition coefficient (Wildman–Crippen LogP) is 3.38. The first-order valence-electron chi connectivity index (χ1n) is 5.39. The van der Waals surface area contributed by atoms with E-state index in [9.17, 15) is 14.9 Å². The molecule has 1 N–H and O–H groups in total. The van der Waals surface area contributed by atoms with Gasteiger partial charge in [0.2, 0.25) is 0 Å². The molecule has 0 atom stereocenters. The highest BCUT2D eigenvalue weighted by atomic mass is 32.1. The van der Waals surface area contributed by atoms with Gasteiger partial charge in [0.05, 0.1) is 4.92 Å². The van der Waals surface area contributed by atoms with Crippen LogP contribution in [0.25, 0.3) is 10.1 Å². The van der Waals surface area contributed by atoms with E-state index in [0.29, 0.717) is 22.9 Å². The number of rotatable bonds is 3. The Hall–Kier alpha value is -1.95. The van der Waals surface area contributed by atoms with Crippen molar-refractivity contribution in [1.82, 2.24) is 0 Å². The monoisotopic (exact) mass is 265 g/mol. The normalized spacial score (nSPS) is 10.8. The second kappa shape index (κ2) is 4.38. The average molecular weight is 265 g/mol. The van der Waals surface area contributed by atoms with Crippen molar-refractivity contribution in [3.8, 4) is 0 Å². The fourth-order valence-electron chi connectivity index (χ4n) is 2.00. The van der Waals surface area contributed by atoms with Crippen LogP contribution in [0.2, 0.25) is 0 Å². The first-order chi connectivity index (χ1) is 8.45. The van der Waals surface area contributed by atoms with Crippen molar-refractivity contribution in [3.05, 3.63) is 38.3 Å². The topological polar surface area (TPSA) is 80.4 Å². The molecule has 0 spiro atoms. The molecule has 2 rings (SSSR count). The zero-order chi connectivity index (χ0) is 13.4. The number of aromatic carboxylic acids is 1. The molecular formula is C12H11NO4S. The molecule has 5 nitrogen and oxygen atoms in total. The Morgan fingerprint density at radius 1 is 1.50 bits per heavy atom. The highest BCUT2D eigenvalue weighted by Crippen LogP contribution is 2.36. The minimum Gasteiger partial charge on any atom is -0.477 e. The van der Waals surface area contributed by atoms with Crippen LogP contribution in [0.5, 0.6) is 0 Å². The van der Waals surface area contributed by atoms with E-state index < -0.39 is 10.9 Å². The number of carboxylic acid groups (broad SMARTS) is 1. The maximum Gasteiger partial charge on any atom is 0.346 e. The molecule has 0 saturated carbocycles. The van der Waals surface area contributed by atoms with Crippen molar-refractivity contribution in [2.45, 2.75) is 20.3 Å². The van der Waals surface area contributed by atoms with E-state index in [1.165, 1.54) is 17.4 Å². The molecule has 18 heavy (non-hydrogen) atoms. The third kappa shape index (κ3) is 1.84. The zero-order valence-electron chi connectivity index (χ0n) is 9.89. The van der Waals surface area contributed by atoms with Crippen LogP contribution < -0.4 is 0 Å². The summed E-state index contributed by atoms with van der Waals surface area (Å²) in [5, 5.41) is 20.7. The van der Waals surface area contributed by atoms with Gasteiger partial charge in [0, 0.05) is 21.7 Å². The number of benzene rings is 1. The van der Waals surface area contributed by atoms with E-state index in [-0.39, 0.29) is 10.6 Å². The number of hydrogen-bond acceptors (Lipinski definition) is 4. The summed E-state index contributed by atoms with van der Waals surface area (Å²) in [5.41, 5.74) is 1.26. The van der Waals surface area contributed by atoms with Gasteiger partial charge in [0.25, 0.3) is 5.69 Å². The van der Waals surface area contributed by atoms with Gasteiger partial charge in [-0.3, -0.25) is 10.1 Å². The number of nitrogens with zero attached hydrogens (tertiary/aromatic N) is 1. The largest absolute Gasteiger partial charge is 0.477 e. The van der Waals surface area contributed by atoms with Gasteiger partial charge in [-0.15, -0.1) is 11.3 Å². The summed E-state index contributed by atoms with van der Waals surface area (Å²) in [7, 11) is 0. The van der Waals surface area contributed by atoms with E-state index in [2.05, 4.69) is 0 Å². The third-order valence-corrected chi connectivity index (χ3v) is 4.04. The number of thiophene rings is 1. The Bertz CT molecular complexity index is 660. The Morgan fingerprint density at radius 3 is 2.67 bits per heavy atom. The van der Waals surface area contributed by atoms with Crippen LogP contribution in [-0.4, -0.2) is 16.0 Å². The molecule has 1 aromatic heterocycles. The van der Waals surface area contributed by atoms with Crippen molar-refractivity contribution in [2.75, 3.05) is 0 Å². The first-order valence-corrected chi connectivity index (χ1v) is 6.21. The number of carbonyl (C=O) groups is 1. The van der Waals surface area contributed by atoms with Crippen LogP contribution in [0.3, 0.4) is 0 Å². The molecule has 6 heteroatoms. The second-order valence-electron chi connectivity index (χ2n) is 3.96. The minimum absolute atomic E-state index is 0.0342. The van der Waals surface area contributed by atoms with Crippen molar-refractivity contribution >= 4 is 33.1 Å². The number of fused-ring (bicyclic) bond motifs is 1. The average Bonchev–Trinajstić information content (AvgIpc) is 2.65. The van der Waals surface area contributed by atoms with Crippen LogP contribution in [0.15, 0.2) is 12.1 Å². The van der Waals surface area contributed by atoms with Gasteiger partial charge >= 0.3 is 5.97 Å². The van der Waals surface area contributed by atoms with E-state index in [1.807, 2.05) is 6.92 Å². The predicted molar refractivity (Wildman–Crippen MR) is 69.6 cm³/mol. The molecule has 0 bridgehead atoms. The molecule has 2 aromatic rings. The molecule has 0 aliphatic carbocycles. The maximum absolute atomic E-state index is 11.1. The highest BCUT2D eigenvalue weighted by Gasteiger charge is 2.20. The smallest absolute Gasteiger partial charge is 0.346 e. The number of hydrogen-bond donors (Lipinski definition) is 1. The lowest BCUT2D eigenvalue weighted by molar-refractivity contribution is -0.385. The van der Waals surface area contributed by atoms with Crippen LogP contribution in [0, 0.1) is 17.0 Å². The molecule has 0 aliphatic rings. The van der Waals surface area contributed by atoms with Gasteiger partial charge in [0.15, 0.2) is 0 Å². The molecule has 1 heterocycles. The Kier molecular flexibility index (Phi) is 3.04. The van der Waals surface area contributed by atoms with E-state index in [1.54, 1.807) is 13.0 Å². The van der Waals surface area contributed by atoms with Crippen molar-refractivity contribution in [3.63, 3.8) is 0 Å². The lowest BCUT2D eigenvalue weighted by atomic mass is 10.1. The number of aryl methyl sites for hydroxylation is 2. The third-order valence-electron chi connectivity index (χ3n) is 2.85. The van der Waals surface area contributed by atoms with Gasteiger partial charge in [-0.05, 0) is 25.0 Å².